The first-order chi connectivity index (χ1) is 18.5. The second-order valence-electron chi connectivity index (χ2n) is 8.84. The van der Waals surface area contributed by atoms with Gasteiger partial charge in [-0.15, -0.1) is 0 Å². The molecule has 0 fully saturated rings. The van der Waals surface area contributed by atoms with Crippen LogP contribution in [0.25, 0.3) is 10.8 Å². The summed E-state index contributed by atoms with van der Waals surface area (Å²) >= 11 is 0. The summed E-state index contributed by atoms with van der Waals surface area (Å²) in [6.45, 7) is 6.97. The van der Waals surface area contributed by atoms with E-state index < -0.39 is 5.97 Å². The lowest BCUT2D eigenvalue weighted by atomic mass is 10.1. The summed E-state index contributed by atoms with van der Waals surface area (Å²) in [5, 5.41) is 1.89. The minimum absolute atomic E-state index is 0.127. The third-order valence-corrected chi connectivity index (χ3v) is 5.96. The number of carbonyl (C=O) groups is 3. The van der Waals surface area contributed by atoms with Crippen LogP contribution in [0.5, 0.6) is 11.5 Å². The zero-order chi connectivity index (χ0) is 27.2. The van der Waals surface area contributed by atoms with Crippen molar-refractivity contribution in [2.45, 2.75) is 52.1 Å². The molecule has 7 heteroatoms. The summed E-state index contributed by atoms with van der Waals surface area (Å²) in [5.74, 6) is 0.511. The predicted octanol–water partition coefficient (Wildman–Crippen LogP) is 6.35. The SMILES string of the molecule is C=CC(=O)OCCCCCCOc1ccc2cc(C(=O)OCc3ccc(OC=O)c(CCC)c3)ccc2c1. The zero-order valence-corrected chi connectivity index (χ0v) is 21.8. The van der Waals surface area contributed by atoms with Crippen molar-refractivity contribution in [2.24, 2.45) is 0 Å². The largest absolute Gasteiger partial charge is 0.494 e. The number of ether oxygens (including phenoxy) is 4. The Morgan fingerprint density at radius 1 is 0.868 bits per heavy atom. The average molecular weight is 519 g/mol. The van der Waals surface area contributed by atoms with Crippen LogP contribution < -0.4 is 9.47 Å². The maximum absolute atomic E-state index is 12.7. The molecular weight excluding hydrogens is 484 g/mol. The smallest absolute Gasteiger partial charge is 0.338 e. The Balaban J connectivity index is 1.48. The van der Waals surface area contributed by atoms with E-state index in [0.29, 0.717) is 31.0 Å². The van der Waals surface area contributed by atoms with Crippen molar-refractivity contribution in [3.8, 4) is 11.5 Å². The molecule has 0 unspecified atom stereocenters. The molecule has 0 radical (unpaired) electrons. The summed E-state index contributed by atoms with van der Waals surface area (Å²) in [4.78, 5) is 34.4. The highest BCUT2D eigenvalue weighted by atomic mass is 16.5. The van der Waals surface area contributed by atoms with E-state index in [9.17, 15) is 14.4 Å². The minimum Gasteiger partial charge on any atom is -0.494 e. The third-order valence-electron chi connectivity index (χ3n) is 5.96. The number of fused-ring (bicyclic) bond motifs is 1. The van der Waals surface area contributed by atoms with Crippen LogP contribution in [0.1, 0.15) is 60.5 Å². The molecule has 3 rings (SSSR count). The van der Waals surface area contributed by atoms with Crippen molar-refractivity contribution in [1.82, 2.24) is 0 Å². The number of hydrogen-bond acceptors (Lipinski definition) is 7. The van der Waals surface area contributed by atoms with E-state index in [0.717, 1.165) is 66.2 Å². The second kappa shape index (κ2) is 15.2. The first-order valence-corrected chi connectivity index (χ1v) is 12.9. The van der Waals surface area contributed by atoms with E-state index >= 15 is 0 Å². The fourth-order valence-corrected chi connectivity index (χ4v) is 4.01. The molecule has 0 aliphatic rings. The minimum atomic E-state index is -0.406. The van der Waals surface area contributed by atoms with Gasteiger partial charge in [-0.2, -0.15) is 0 Å². The fraction of sp³-hybridized carbons (Fsp3) is 0.323. The number of hydrogen-bond donors (Lipinski definition) is 0. The quantitative estimate of drug-likeness (QED) is 0.0944. The first-order valence-electron chi connectivity index (χ1n) is 12.9. The Hall–Kier alpha value is -4.13. The van der Waals surface area contributed by atoms with Gasteiger partial charge in [0.15, 0.2) is 0 Å². The molecule has 0 aliphatic heterocycles. The van der Waals surface area contributed by atoms with Gasteiger partial charge in [-0.1, -0.05) is 38.1 Å². The molecule has 0 saturated carbocycles. The predicted molar refractivity (Wildman–Crippen MR) is 145 cm³/mol. The molecule has 200 valence electrons. The van der Waals surface area contributed by atoms with Gasteiger partial charge >= 0.3 is 11.9 Å². The van der Waals surface area contributed by atoms with E-state index in [1.807, 2.05) is 43.3 Å². The maximum Gasteiger partial charge on any atom is 0.338 e. The topological polar surface area (TPSA) is 88.1 Å². The molecule has 0 spiro atoms. The van der Waals surface area contributed by atoms with Crippen LogP contribution in [0.4, 0.5) is 0 Å². The molecule has 0 amide bonds. The first kappa shape index (κ1) is 28.4. The average Bonchev–Trinajstić information content (AvgIpc) is 2.94. The number of esters is 2. The highest BCUT2D eigenvalue weighted by Gasteiger charge is 2.11. The van der Waals surface area contributed by atoms with Crippen LogP contribution in [0.3, 0.4) is 0 Å². The highest BCUT2D eigenvalue weighted by Crippen LogP contribution is 2.24. The van der Waals surface area contributed by atoms with Crippen molar-refractivity contribution in [2.75, 3.05) is 13.2 Å². The van der Waals surface area contributed by atoms with Gasteiger partial charge < -0.3 is 18.9 Å². The summed E-state index contributed by atoms with van der Waals surface area (Å²) in [6.07, 6.45) is 6.51. The van der Waals surface area contributed by atoms with Crippen LogP contribution >= 0.6 is 0 Å². The van der Waals surface area contributed by atoms with Gasteiger partial charge in [-0.25, -0.2) is 9.59 Å². The molecule has 0 atom stereocenters. The molecule has 0 aromatic heterocycles. The third kappa shape index (κ3) is 8.76. The number of rotatable bonds is 16. The Labute approximate surface area is 223 Å². The van der Waals surface area contributed by atoms with Crippen LogP contribution in [-0.4, -0.2) is 31.6 Å². The van der Waals surface area contributed by atoms with Gasteiger partial charge in [-0.3, -0.25) is 4.79 Å². The zero-order valence-electron chi connectivity index (χ0n) is 21.8. The lowest BCUT2D eigenvalue weighted by Crippen LogP contribution is -2.06. The van der Waals surface area contributed by atoms with Gasteiger partial charge in [0.25, 0.3) is 6.47 Å². The Kier molecular flexibility index (Phi) is 11.4. The van der Waals surface area contributed by atoms with Crippen LogP contribution in [-0.2, 0) is 32.1 Å². The lowest BCUT2D eigenvalue weighted by molar-refractivity contribution is -0.137. The molecule has 3 aromatic carbocycles. The second-order valence-corrected chi connectivity index (χ2v) is 8.84. The lowest BCUT2D eigenvalue weighted by Gasteiger charge is -2.11. The highest BCUT2D eigenvalue weighted by molar-refractivity contribution is 5.95. The molecular formula is C31H34O7. The van der Waals surface area contributed by atoms with Crippen molar-refractivity contribution in [3.05, 3.63) is 83.9 Å². The number of unbranched alkanes of at least 4 members (excludes halogenated alkanes) is 3. The summed E-state index contributed by atoms with van der Waals surface area (Å²) in [6, 6.07) is 16.6. The summed E-state index contributed by atoms with van der Waals surface area (Å²) in [5.41, 5.74) is 2.21. The summed E-state index contributed by atoms with van der Waals surface area (Å²) < 4.78 is 21.4. The maximum atomic E-state index is 12.7. The van der Waals surface area contributed by atoms with Crippen molar-refractivity contribution < 1.29 is 33.3 Å². The molecule has 0 bridgehead atoms. The number of aryl methyl sites for hydroxylation is 1. The number of carbonyl (C=O) groups excluding carboxylic acids is 3. The van der Waals surface area contributed by atoms with E-state index in [1.165, 1.54) is 6.08 Å². The standard InChI is InChI=1S/C31H34O7/c1-3-9-26-18-23(10-15-29(26)38-22-32)21-37-31(34)27-12-11-25-20-28(14-13-24(25)19-27)35-16-7-5-6-8-17-36-30(33)4-2/h4,10-15,18-20,22H,2-3,5-9,16-17,21H2,1H3. The van der Waals surface area contributed by atoms with Gasteiger partial charge in [0, 0.05) is 6.08 Å². The van der Waals surface area contributed by atoms with Gasteiger partial charge in [-0.05, 0) is 90.4 Å². The molecule has 7 nitrogen and oxygen atoms in total. The van der Waals surface area contributed by atoms with E-state index in [2.05, 4.69) is 6.58 Å². The number of benzene rings is 3. The van der Waals surface area contributed by atoms with Gasteiger partial charge in [0.2, 0.25) is 0 Å². The van der Waals surface area contributed by atoms with Gasteiger partial charge in [0.05, 0.1) is 18.8 Å². The van der Waals surface area contributed by atoms with Crippen LogP contribution in [0.15, 0.2) is 67.3 Å². The van der Waals surface area contributed by atoms with Crippen LogP contribution in [0.2, 0.25) is 0 Å². The normalized spacial score (nSPS) is 10.6. The molecule has 38 heavy (non-hydrogen) atoms. The van der Waals surface area contributed by atoms with E-state index in [1.54, 1.807) is 18.2 Å². The van der Waals surface area contributed by atoms with Crippen LogP contribution in [0, 0.1) is 0 Å². The van der Waals surface area contributed by atoms with E-state index in [-0.39, 0.29) is 12.6 Å². The molecule has 0 N–H and O–H groups in total. The molecule has 0 heterocycles. The monoisotopic (exact) mass is 518 g/mol. The molecule has 0 aliphatic carbocycles. The van der Waals surface area contributed by atoms with Crippen molar-refractivity contribution >= 4 is 29.2 Å². The van der Waals surface area contributed by atoms with E-state index in [4.69, 9.17) is 18.9 Å². The van der Waals surface area contributed by atoms with Crippen molar-refractivity contribution in [1.29, 1.82) is 0 Å². The Morgan fingerprint density at radius 2 is 1.63 bits per heavy atom. The molecule has 3 aromatic rings. The van der Waals surface area contributed by atoms with Gasteiger partial charge in [0.1, 0.15) is 18.1 Å². The Bertz CT molecular complexity index is 1250. The molecule has 0 saturated heterocycles. The summed E-state index contributed by atoms with van der Waals surface area (Å²) in [7, 11) is 0. The van der Waals surface area contributed by atoms with Crippen molar-refractivity contribution in [3.63, 3.8) is 0 Å². The fourth-order valence-electron chi connectivity index (χ4n) is 4.01. The Morgan fingerprint density at radius 3 is 2.39 bits per heavy atom.